The van der Waals surface area contributed by atoms with E-state index in [0.29, 0.717) is 12.6 Å². The van der Waals surface area contributed by atoms with Crippen molar-refractivity contribution in [2.45, 2.75) is 19.5 Å². The highest BCUT2D eigenvalue weighted by molar-refractivity contribution is 7.98. The molecule has 1 rings (SSSR count). The molecule has 0 aromatic heterocycles. The summed E-state index contributed by atoms with van der Waals surface area (Å²) in [5, 5.41) is 12.4. The Labute approximate surface area is 93.9 Å². The number of hydrogen-bond donors (Lipinski definition) is 2. The summed E-state index contributed by atoms with van der Waals surface area (Å²) in [4.78, 5) is 0. The number of phenolic OH excluding ortho intramolecular Hbond substituents is 1. The number of halogens is 1. The van der Waals surface area contributed by atoms with Crippen molar-refractivity contribution in [3.05, 3.63) is 29.6 Å². The number of benzene rings is 1. The molecule has 0 bridgehead atoms. The lowest BCUT2D eigenvalue weighted by atomic mass is 10.2. The van der Waals surface area contributed by atoms with Crippen molar-refractivity contribution in [1.82, 2.24) is 5.32 Å². The van der Waals surface area contributed by atoms with E-state index in [-0.39, 0.29) is 5.75 Å². The minimum absolute atomic E-state index is 0.0238. The first-order valence-electron chi connectivity index (χ1n) is 4.82. The van der Waals surface area contributed by atoms with E-state index in [2.05, 4.69) is 12.2 Å². The molecule has 0 aliphatic rings. The number of nitrogens with one attached hydrogen (secondary N) is 1. The van der Waals surface area contributed by atoms with Gasteiger partial charge in [0.2, 0.25) is 0 Å². The summed E-state index contributed by atoms with van der Waals surface area (Å²) < 4.78 is 12.9. The Morgan fingerprint density at radius 2 is 2.20 bits per heavy atom. The highest BCUT2D eigenvalue weighted by Gasteiger charge is 2.02. The first kappa shape index (κ1) is 12.3. The van der Waals surface area contributed by atoms with Gasteiger partial charge in [-0.1, -0.05) is 0 Å². The van der Waals surface area contributed by atoms with E-state index in [4.69, 9.17) is 0 Å². The standard InChI is InChI=1S/C11H16FNOS/c1-8(7-15-2)13-6-9-3-10(12)5-11(14)4-9/h3-5,8,13-14H,6-7H2,1-2H3. The Balaban J connectivity index is 2.50. The van der Waals surface area contributed by atoms with Crippen LogP contribution in [0.1, 0.15) is 12.5 Å². The Hall–Kier alpha value is -0.740. The third kappa shape index (κ3) is 4.53. The van der Waals surface area contributed by atoms with E-state index in [1.54, 1.807) is 17.8 Å². The highest BCUT2D eigenvalue weighted by Crippen LogP contribution is 2.14. The second-order valence-corrected chi connectivity index (χ2v) is 4.47. The van der Waals surface area contributed by atoms with Crippen LogP contribution in [0.5, 0.6) is 5.75 Å². The SMILES string of the molecule is CSCC(C)NCc1cc(O)cc(F)c1. The molecule has 0 spiro atoms. The Bertz CT molecular complexity index is 299. The number of phenols is 1. The smallest absolute Gasteiger partial charge is 0.127 e. The summed E-state index contributed by atoms with van der Waals surface area (Å²) in [5.41, 5.74) is 0.764. The molecule has 1 unspecified atom stereocenters. The van der Waals surface area contributed by atoms with Gasteiger partial charge in [-0.3, -0.25) is 0 Å². The predicted molar refractivity (Wildman–Crippen MR) is 62.7 cm³/mol. The van der Waals surface area contributed by atoms with Crippen LogP contribution in [-0.4, -0.2) is 23.2 Å². The van der Waals surface area contributed by atoms with Crippen LogP contribution in [0, 0.1) is 5.82 Å². The third-order valence-electron chi connectivity index (χ3n) is 2.01. The van der Waals surface area contributed by atoms with Gasteiger partial charge in [0.1, 0.15) is 11.6 Å². The van der Waals surface area contributed by atoms with Gasteiger partial charge in [-0.15, -0.1) is 0 Å². The zero-order valence-corrected chi connectivity index (χ0v) is 9.77. The fourth-order valence-electron chi connectivity index (χ4n) is 1.34. The number of hydrogen-bond acceptors (Lipinski definition) is 3. The Kier molecular flexibility index (Phi) is 4.91. The largest absolute Gasteiger partial charge is 0.508 e. The van der Waals surface area contributed by atoms with Gasteiger partial charge in [0, 0.05) is 24.4 Å². The number of thioether (sulfide) groups is 1. The molecule has 0 saturated carbocycles. The van der Waals surface area contributed by atoms with E-state index < -0.39 is 5.82 Å². The first-order valence-corrected chi connectivity index (χ1v) is 6.22. The van der Waals surface area contributed by atoms with Gasteiger partial charge in [0.15, 0.2) is 0 Å². The monoisotopic (exact) mass is 229 g/mol. The lowest BCUT2D eigenvalue weighted by molar-refractivity contribution is 0.466. The van der Waals surface area contributed by atoms with Crippen LogP contribution in [0.3, 0.4) is 0 Å². The molecular formula is C11H16FNOS. The number of rotatable bonds is 5. The molecule has 15 heavy (non-hydrogen) atoms. The summed E-state index contributed by atoms with van der Waals surface area (Å²) >= 11 is 1.77. The van der Waals surface area contributed by atoms with Crippen LogP contribution < -0.4 is 5.32 Å². The van der Waals surface area contributed by atoms with E-state index in [1.807, 2.05) is 6.26 Å². The molecule has 0 amide bonds. The van der Waals surface area contributed by atoms with Crippen LogP contribution >= 0.6 is 11.8 Å². The molecule has 2 N–H and O–H groups in total. The highest BCUT2D eigenvalue weighted by atomic mass is 32.2. The molecule has 1 aromatic rings. The molecule has 0 saturated heterocycles. The van der Waals surface area contributed by atoms with E-state index in [0.717, 1.165) is 17.4 Å². The Morgan fingerprint density at radius 3 is 2.80 bits per heavy atom. The average Bonchev–Trinajstić information content (AvgIpc) is 2.14. The van der Waals surface area contributed by atoms with Crippen LogP contribution in [0.4, 0.5) is 4.39 Å². The zero-order valence-electron chi connectivity index (χ0n) is 8.96. The molecule has 0 aliphatic heterocycles. The van der Waals surface area contributed by atoms with Crippen molar-refractivity contribution in [1.29, 1.82) is 0 Å². The maximum absolute atomic E-state index is 12.9. The number of aromatic hydroxyl groups is 1. The molecule has 1 atom stereocenters. The van der Waals surface area contributed by atoms with Crippen LogP contribution in [0.2, 0.25) is 0 Å². The van der Waals surface area contributed by atoms with Crippen molar-refractivity contribution in [3.63, 3.8) is 0 Å². The van der Waals surface area contributed by atoms with Crippen molar-refractivity contribution in [2.24, 2.45) is 0 Å². The maximum Gasteiger partial charge on any atom is 0.127 e. The predicted octanol–water partition coefficient (Wildman–Crippen LogP) is 2.37. The van der Waals surface area contributed by atoms with E-state index in [1.165, 1.54) is 6.07 Å². The van der Waals surface area contributed by atoms with E-state index >= 15 is 0 Å². The molecule has 0 radical (unpaired) electrons. The second kappa shape index (κ2) is 5.98. The van der Waals surface area contributed by atoms with Crippen LogP contribution in [0.25, 0.3) is 0 Å². The fraction of sp³-hybridized carbons (Fsp3) is 0.455. The zero-order chi connectivity index (χ0) is 11.3. The molecule has 0 heterocycles. The third-order valence-corrected chi connectivity index (χ3v) is 2.85. The average molecular weight is 229 g/mol. The quantitative estimate of drug-likeness (QED) is 0.813. The van der Waals surface area contributed by atoms with Gasteiger partial charge in [0.05, 0.1) is 0 Å². The summed E-state index contributed by atoms with van der Waals surface area (Å²) in [6.45, 7) is 2.66. The maximum atomic E-state index is 12.9. The molecule has 0 fully saturated rings. The van der Waals surface area contributed by atoms with Crippen molar-refractivity contribution in [3.8, 4) is 5.75 Å². The van der Waals surface area contributed by atoms with Gasteiger partial charge in [-0.2, -0.15) is 11.8 Å². The van der Waals surface area contributed by atoms with E-state index in [9.17, 15) is 9.50 Å². The van der Waals surface area contributed by atoms with Gasteiger partial charge >= 0.3 is 0 Å². The van der Waals surface area contributed by atoms with Crippen molar-refractivity contribution in [2.75, 3.05) is 12.0 Å². The summed E-state index contributed by atoms with van der Waals surface area (Å²) in [7, 11) is 0. The summed E-state index contributed by atoms with van der Waals surface area (Å²) in [6, 6.07) is 4.49. The normalized spacial score (nSPS) is 12.7. The molecule has 84 valence electrons. The van der Waals surface area contributed by atoms with Gasteiger partial charge < -0.3 is 10.4 Å². The first-order chi connectivity index (χ1) is 7.11. The molecular weight excluding hydrogens is 213 g/mol. The molecule has 1 aromatic carbocycles. The van der Waals surface area contributed by atoms with Crippen molar-refractivity contribution < 1.29 is 9.50 Å². The minimum atomic E-state index is -0.399. The van der Waals surface area contributed by atoms with Crippen LogP contribution in [-0.2, 0) is 6.54 Å². The lowest BCUT2D eigenvalue weighted by Gasteiger charge is -2.12. The second-order valence-electron chi connectivity index (χ2n) is 3.55. The van der Waals surface area contributed by atoms with Crippen molar-refractivity contribution >= 4 is 11.8 Å². The fourth-order valence-corrected chi connectivity index (χ4v) is 1.95. The van der Waals surface area contributed by atoms with Crippen LogP contribution in [0.15, 0.2) is 18.2 Å². The minimum Gasteiger partial charge on any atom is -0.508 e. The lowest BCUT2D eigenvalue weighted by Crippen LogP contribution is -2.27. The van der Waals surface area contributed by atoms with Gasteiger partial charge in [0.25, 0.3) is 0 Å². The summed E-state index contributed by atoms with van der Waals surface area (Å²) in [6.07, 6.45) is 2.05. The summed E-state index contributed by atoms with van der Waals surface area (Å²) in [5.74, 6) is 0.593. The molecule has 4 heteroatoms. The van der Waals surface area contributed by atoms with Gasteiger partial charge in [-0.25, -0.2) is 4.39 Å². The Morgan fingerprint density at radius 1 is 1.47 bits per heavy atom. The topological polar surface area (TPSA) is 32.3 Å². The van der Waals surface area contributed by atoms with Gasteiger partial charge in [-0.05, 0) is 30.9 Å². The molecule has 0 aliphatic carbocycles. The molecule has 2 nitrogen and oxygen atoms in total.